The van der Waals surface area contributed by atoms with Crippen LogP contribution in [0.25, 0.3) is 5.82 Å². The Bertz CT molecular complexity index is 901. The average molecular weight is 365 g/mol. The first kappa shape index (κ1) is 18.6. The fraction of sp³-hybridized carbons (Fsp3) is 0.300. The molecule has 0 spiro atoms. The lowest BCUT2D eigenvalue weighted by atomic mass is 10.0. The van der Waals surface area contributed by atoms with Crippen LogP contribution in [0.4, 0.5) is 5.69 Å². The highest BCUT2D eigenvalue weighted by Crippen LogP contribution is 2.23. The molecule has 3 rings (SSSR count). The summed E-state index contributed by atoms with van der Waals surface area (Å²) in [5.74, 6) is 2.66. The van der Waals surface area contributed by atoms with Crippen LogP contribution in [0.2, 0.25) is 0 Å². The lowest BCUT2D eigenvalue weighted by Crippen LogP contribution is -2.21. The van der Waals surface area contributed by atoms with Crippen molar-refractivity contribution in [3.8, 4) is 17.4 Å². The molecule has 2 aromatic heterocycles. The van der Waals surface area contributed by atoms with Gasteiger partial charge in [0.05, 0.1) is 0 Å². The van der Waals surface area contributed by atoms with Crippen molar-refractivity contribution >= 4 is 11.6 Å². The van der Waals surface area contributed by atoms with Crippen LogP contribution in [-0.2, 0) is 4.79 Å². The van der Waals surface area contributed by atoms with Crippen molar-refractivity contribution in [2.75, 3.05) is 5.32 Å². The number of nitrogens with zero attached hydrogens (tertiary/aromatic N) is 4. The predicted molar refractivity (Wildman–Crippen MR) is 103 cm³/mol. The molecule has 2 heterocycles. The van der Waals surface area contributed by atoms with Gasteiger partial charge in [-0.15, -0.1) is 0 Å². The van der Waals surface area contributed by atoms with E-state index in [4.69, 9.17) is 4.74 Å². The molecule has 1 N–H and O–H groups in total. The van der Waals surface area contributed by atoms with E-state index in [1.165, 1.54) is 6.33 Å². The van der Waals surface area contributed by atoms with Crippen LogP contribution in [-0.4, -0.2) is 25.4 Å². The van der Waals surface area contributed by atoms with Gasteiger partial charge in [-0.25, -0.2) is 15.0 Å². The summed E-state index contributed by atoms with van der Waals surface area (Å²) in [6.07, 6.45) is 6.66. The number of rotatable bonds is 7. The molecule has 0 atom stereocenters. The van der Waals surface area contributed by atoms with E-state index < -0.39 is 0 Å². The molecule has 7 heteroatoms. The van der Waals surface area contributed by atoms with Crippen molar-refractivity contribution in [2.45, 2.75) is 33.6 Å². The number of anilines is 1. The van der Waals surface area contributed by atoms with Crippen molar-refractivity contribution in [3.05, 3.63) is 54.9 Å². The summed E-state index contributed by atoms with van der Waals surface area (Å²) in [6.45, 7) is 5.94. The number of imidazole rings is 1. The molecule has 140 valence electrons. The molecule has 0 bridgehead atoms. The van der Waals surface area contributed by atoms with E-state index in [-0.39, 0.29) is 11.8 Å². The smallest absolute Gasteiger partial charge is 0.227 e. The molecular weight excluding hydrogens is 342 g/mol. The Kier molecular flexibility index (Phi) is 5.80. The molecule has 0 aliphatic rings. The zero-order valence-electron chi connectivity index (χ0n) is 15.7. The van der Waals surface area contributed by atoms with Crippen LogP contribution >= 0.6 is 0 Å². The zero-order chi connectivity index (χ0) is 19.2. The monoisotopic (exact) mass is 365 g/mol. The van der Waals surface area contributed by atoms with Crippen molar-refractivity contribution < 1.29 is 9.53 Å². The van der Waals surface area contributed by atoms with Crippen molar-refractivity contribution in [1.29, 1.82) is 0 Å². The van der Waals surface area contributed by atoms with Gasteiger partial charge in [-0.3, -0.25) is 9.36 Å². The Morgan fingerprint density at radius 1 is 1.15 bits per heavy atom. The van der Waals surface area contributed by atoms with Gasteiger partial charge in [0.25, 0.3) is 0 Å². The summed E-state index contributed by atoms with van der Waals surface area (Å²) in [7, 11) is 0. The third kappa shape index (κ3) is 4.49. The Balaban J connectivity index is 1.68. The number of aryl methyl sites for hydroxylation is 1. The predicted octanol–water partition coefficient (Wildman–Crippen LogP) is 4.14. The normalized spacial score (nSPS) is 10.8. The fourth-order valence-electron chi connectivity index (χ4n) is 2.77. The minimum atomic E-state index is 0.0343. The Morgan fingerprint density at radius 3 is 2.52 bits per heavy atom. The first-order valence-electron chi connectivity index (χ1n) is 9.01. The maximum atomic E-state index is 12.2. The third-order valence-electron chi connectivity index (χ3n) is 4.40. The molecule has 0 aliphatic heterocycles. The van der Waals surface area contributed by atoms with Crippen LogP contribution in [0, 0.1) is 12.8 Å². The Morgan fingerprint density at radius 2 is 1.89 bits per heavy atom. The van der Waals surface area contributed by atoms with Crippen LogP contribution in [0.15, 0.2) is 49.1 Å². The molecule has 0 fully saturated rings. The van der Waals surface area contributed by atoms with E-state index in [1.54, 1.807) is 24.4 Å². The van der Waals surface area contributed by atoms with Crippen LogP contribution < -0.4 is 10.1 Å². The molecule has 7 nitrogen and oxygen atoms in total. The number of benzene rings is 1. The van der Waals surface area contributed by atoms with Crippen molar-refractivity contribution in [3.63, 3.8) is 0 Å². The molecule has 0 aliphatic carbocycles. The van der Waals surface area contributed by atoms with Gasteiger partial charge >= 0.3 is 0 Å². The summed E-state index contributed by atoms with van der Waals surface area (Å²) in [6, 6.07) is 8.98. The second-order valence-corrected chi connectivity index (χ2v) is 6.19. The van der Waals surface area contributed by atoms with E-state index in [9.17, 15) is 4.79 Å². The maximum absolute atomic E-state index is 12.2. The zero-order valence-corrected chi connectivity index (χ0v) is 15.7. The third-order valence-corrected chi connectivity index (χ3v) is 4.40. The molecular formula is C20H23N5O2. The topological polar surface area (TPSA) is 81.9 Å². The minimum absolute atomic E-state index is 0.0343. The SMILES string of the molecule is CCC(CC)C(=O)Nc1ccc(Oc2cc(-n3ccnc3C)ncn2)cc1. The Labute approximate surface area is 158 Å². The molecule has 1 aromatic carbocycles. The van der Waals surface area contributed by atoms with Gasteiger partial charge < -0.3 is 10.1 Å². The highest BCUT2D eigenvalue weighted by atomic mass is 16.5. The van der Waals surface area contributed by atoms with Gasteiger partial charge in [0.2, 0.25) is 11.8 Å². The van der Waals surface area contributed by atoms with E-state index in [0.29, 0.717) is 17.4 Å². The van der Waals surface area contributed by atoms with Crippen molar-refractivity contribution in [1.82, 2.24) is 19.5 Å². The highest BCUT2D eigenvalue weighted by molar-refractivity contribution is 5.92. The second kappa shape index (κ2) is 8.44. The van der Waals surface area contributed by atoms with Gasteiger partial charge in [-0.1, -0.05) is 13.8 Å². The molecule has 27 heavy (non-hydrogen) atoms. The van der Waals surface area contributed by atoms with E-state index >= 15 is 0 Å². The minimum Gasteiger partial charge on any atom is -0.439 e. The lowest BCUT2D eigenvalue weighted by Gasteiger charge is -2.13. The van der Waals surface area contributed by atoms with E-state index in [2.05, 4.69) is 20.3 Å². The second-order valence-electron chi connectivity index (χ2n) is 6.19. The number of hydrogen-bond donors (Lipinski definition) is 1. The van der Waals surface area contributed by atoms with E-state index in [1.807, 2.05) is 43.7 Å². The molecule has 0 unspecified atom stereocenters. The maximum Gasteiger partial charge on any atom is 0.227 e. The van der Waals surface area contributed by atoms with Gasteiger partial charge in [-0.05, 0) is 44.0 Å². The standard InChI is InChI=1S/C20H23N5O2/c1-4-15(5-2)20(26)24-16-6-8-17(9-7-16)27-19-12-18(22-13-23-19)25-11-10-21-14(25)3/h6-13,15H,4-5H2,1-3H3,(H,24,26). The summed E-state index contributed by atoms with van der Waals surface area (Å²) in [4.78, 5) is 24.8. The molecule has 1 amide bonds. The van der Waals surface area contributed by atoms with Crippen molar-refractivity contribution in [2.24, 2.45) is 5.92 Å². The Hall–Kier alpha value is -3.22. The highest BCUT2D eigenvalue weighted by Gasteiger charge is 2.14. The van der Waals surface area contributed by atoms with Gasteiger partial charge in [0, 0.05) is 30.1 Å². The quantitative estimate of drug-likeness (QED) is 0.680. The molecule has 0 saturated heterocycles. The number of hydrogen-bond acceptors (Lipinski definition) is 5. The molecule has 3 aromatic rings. The van der Waals surface area contributed by atoms with E-state index in [0.717, 1.165) is 24.4 Å². The lowest BCUT2D eigenvalue weighted by molar-refractivity contribution is -0.120. The number of nitrogens with one attached hydrogen (secondary N) is 1. The average Bonchev–Trinajstić information content (AvgIpc) is 3.10. The van der Waals surface area contributed by atoms with Gasteiger partial charge in [-0.2, -0.15) is 0 Å². The molecule has 0 saturated carbocycles. The summed E-state index contributed by atoms with van der Waals surface area (Å²) in [5, 5.41) is 2.94. The van der Waals surface area contributed by atoms with Gasteiger partial charge in [0.15, 0.2) is 0 Å². The van der Waals surface area contributed by atoms with Gasteiger partial charge in [0.1, 0.15) is 23.7 Å². The first-order chi connectivity index (χ1) is 13.1. The van der Waals surface area contributed by atoms with Crippen LogP contribution in [0.3, 0.4) is 0 Å². The first-order valence-corrected chi connectivity index (χ1v) is 9.01. The van der Waals surface area contributed by atoms with Crippen LogP contribution in [0.1, 0.15) is 32.5 Å². The molecule has 0 radical (unpaired) electrons. The number of amides is 1. The number of aromatic nitrogens is 4. The number of carbonyl (C=O) groups excluding carboxylic acids is 1. The van der Waals surface area contributed by atoms with Crippen LogP contribution in [0.5, 0.6) is 11.6 Å². The number of ether oxygens (including phenoxy) is 1. The summed E-state index contributed by atoms with van der Waals surface area (Å²) < 4.78 is 7.66. The fourth-order valence-corrected chi connectivity index (χ4v) is 2.77. The summed E-state index contributed by atoms with van der Waals surface area (Å²) in [5.41, 5.74) is 0.747. The number of carbonyl (C=O) groups is 1. The summed E-state index contributed by atoms with van der Waals surface area (Å²) >= 11 is 0. The largest absolute Gasteiger partial charge is 0.439 e.